The second-order valence-electron chi connectivity index (χ2n) is 2.27. The van der Waals surface area contributed by atoms with E-state index in [0.717, 1.165) is 10.6 Å². The second kappa shape index (κ2) is 5.09. The maximum atomic E-state index is 10.9. The van der Waals surface area contributed by atoms with Crippen LogP contribution in [0.2, 0.25) is 0 Å². The summed E-state index contributed by atoms with van der Waals surface area (Å²) in [7, 11) is 0. The van der Waals surface area contributed by atoms with Gasteiger partial charge in [-0.25, -0.2) is 0 Å². The Morgan fingerprint density at radius 3 is 3.08 bits per heavy atom. The third kappa shape index (κ3) is 2.90. The van der Waals surface area contributed by atoms with E-state index in [-0.39, 0.29) is 0 Å². The fraction of sp³-hybridized carbons (Fsp3) is 0.250. The predicted octanol–water partition coefficient (Wildman–Crippen LogP) is 1.51. The van der Waals surface area contributed by atoms with Crippen LogP contribution in [0.4, 0.5) is 0 Å². The molecule has 0 aromatic carbocycles. The highest BCUT2D eigenvalue weighted by atomic mass is 35.5. The van der Waals surface area contributed by atoms with Gasteiger partial charge in [0.1, 0.15) is 0 Å². The van der Waals surface area contributed by atoms with Crippen molar-refractivity contribution < 1.29 is 4.79 Å². The van der Waals surface area contributed by atoms with E-state index < -0.39 is 5.91 Å². The van der Waals surface area contributed by atoms with Crippen molar-refractivity contribution in [1.82, 2.24) is 4.98 Å². The molecule has 0 bridgehead atoms. The Kier molecular flexibility index (Phi) is 4.05. The smallest absolute Gasteiger partial charge is 0.251 e. The fourth-order valence-electron chi connectivity index (χ4n) is 0.841. The number of halogens is 1. The monoisotopic (exact) mass is 216 g/mol. The van der Waals surface area contributed by atoms with E-state index in [2.05, 4.69) is 4.98 Å². The molecule has 0 spiro atoms. The maximum absolute atomic E-state index is 10.9. The van der Waals surface area contributed by atoms with Gasteiger partial charge in [0, 0.05) is 28.9 Å². The molecule has 5 heteroatoms. The molecule has 1 amide bonds. The van der Waals surface area contributed by atoms with Gasteiger partial charge in [0.05, 0.1) is 5.56 Å². The summed E-state index contributed by atoms with van der Waals surface area (Å²) in [5, 5.41) is 0. The van der Waals surface area contributed by atoms with Gasteiger partial charge in [-0.2, -0.15) is 0 Å². The molecule has 1 aromatic heterocycles. The number of hydrogen-bond donors (Lipinski definition) is 1. The van der Waals surface area contributed by atoms with Crippen LogP contribution < -0.4 is 5.73 Å². The Hall–Kier alpha value is -0.740. The number of amides is 1. The standard InChI is InChI=1S/C8H9ClN2OS/c9-2-4-13-7-1-3-11-5-6(7)8(10)12/h1,3,5H,2,4H2,(H2,10,12). The topological polar surface area (TPSA) is 56.0 Å². The van der Waals surface area contributed by atoms with Crippen molar-refractivity contribution in [1.29, 1.82) is 0 Å². The molecule has 0 unspecified atom stereocenters. The summed E-state index contributed by atoms with van der Waals surface area (Å²) in [5.41, 5.74) is 5.62. The van der Waals surface area contributed by atoms with Crippen LogP contribution in [0.5, 0.6) is 0 Å². The number of carbonyl (C=O) groups excluding carboxylic acids is 1. The number of thioether (sulfide) groups is 1. The first-order chi connectivity index (χ1) is 6.25. The second-order valence-corrected chi connectivity index (χ2v) is 3.79. The summed E-state index contributed by atoms with van der Waals surface area (Å²) in [4.78, 5) is 15.6. The first-order valence-corrected chi connectivity index (χ1v) is 5.20. The van der Waals surface area contributed by atoms with E-state index in [9.17, 15) is 4.79 Å². The van der Waals surface area contributed by atoms with E-state index in [4.69, 9.17) is 17.3 Å². The molecule has 1 rings (SSSR count). The Bertz CT molecular complexity index is 306. The molecule has 1 heterocycles. The lowest BCUT2D eigenvalue weighted by molar-refractivity contribution is 0.0997. The molecule has 0 fully saturated rings. The molecular formula is C8H9ClN2OS. The average Bonchev–Trinajstić information content (AvgIpc) is 2.15. The number of aromatic nitrogens is 1. The van der Waals surface area contributed by atoms with E-state index in [0.29, 0.717) is 11.4 Å². The normalized spacial score (nSPS) is 9.92. The highest BCUT2D eigenvalue weighted by Gasteiger charge is 2.07. The molecule has 0 aliphatic rings. The largest absolute Gasteiger partial charge is 0.366 e. The van der Waals surface area contributed by atoms with E-state index in [1.165, 1.54) is 18.0 Å². The van der Waals surface area contributed by atoms with Gasteiger partial charge < -0.3 is 5.73 Å². The Balaban J connectivity index is 2.84. The first kappa shape index (κ1) is 10.3. The Morgan fingerprint density at radius 1 is 1.69 bits per heavy atom. The van der Waals surface area contributed by atoms with Crippen molar-refractivity contribution in [2.45, 2.75) is 4.90 Å². The van der Waals surface area contributed by atoms with Crippen LogP contribution in [-0.4, -0.2) is 22.5 Å². The molecule has 0 saturated heterocycles. The van der Waals surface area contributed by atoms with Gasteiger partial charge in [-0.05, 0) is 6.07 Å². The lowest BCUT2D eigenvalue weighted by atomic mass is 10.3. The molecule has 70 valence electrons. The lowest BCUT2D eigenvalue weighted by Gasteiger charge is -2.03. The quantitative estimate of drug-likeness (QED) is 0.613. The number of alkyl halides is 1. The minimum absolute atomic E-state index is 0.454. The molecular weight excluding hydrogens is 208 g/mol. The van der Waals surface area contributed by atoms with Gasteiger partial charge in [0.15, 0.2) is 0 Å². The molecule has 0 saturated carbocycles. The minimum Gasteiger partial charge on any atom is -0.366 e. The third-order valence-corrected chi connectivity index (χ3v) is 2.87. The zero-order valence-corrected chi connectivity index (χ0v) is 8.44. The predicted molar refractivity (Wildman–Crippen MR) is 54.2 cm³/mol. The van der Waals surface area contributed by atoms with Crippen molar-refractivity contribution >= 4 is 29.3 Å². The molecule has 3 nitrogen and oxygen atoms in total. The van der Waals surface area contributed by atoms with Gasteiger partial charge in [-0.15, -0.1) is 23.4 Å². The van der Waals surface area contributed by atoms with Gasteiger partial charge in [-0.1, -0.05) is 0 Å². The highest BCUT2D eigenvalue weighted by Crippen LogP contribution is 2.21. The summed E-state index contributed by atoms with van der Waals surface area (Å²) in [5.74, 6) is 0.849. The fourth-order valence-corrected chi connectivity index (χ4v) is 1.84. The highest BCUT2D eigenvalue weighted by molar-refractivity contribution is 7.99. The van der Waals surface area contributed by atoms with E-state index in [1.807, 2.05) is 0 Å². The van der Waals surface area contributed by atoms with Gasteiger partial charge in [-0.3, -0.25) is 9.78 Å². The lowest BCUT2D eigenvalue weighted by Crippen LogP contribution is -2.12. The molecule has 0 radical (unpaired) electrons. The van der Waals surface area contributed by atoms with Crippen molar-refractivity contribution in [2.24, 2.45) is 5.73 Å². The molecule has 13 heavy (non-hydrogen) atoms. The summed E-state index contributed by atoms with van der Waals surface area (Å²) in [6, 6.07) is 1.76. The number of hydrogen-bond acceptors (Lipinski definition) is 3. The number of pyridine rings is 1. The molecule has 2 N–H and O–H groups in total. The molecule has 0 atom stereocenters. The number of nitrogens with two attached hydrogens (primary N) is 1. The van der Waals surface area contributed by atoms with Crippen LogP contribution in [0.3, 0.4) is 0 Å². The SMILES string of the molecule is NC(=O)c1cnccc1SCCCl. The van der Waals surface area contributed by atoms with Crippen LogP contribution >= 0.6 is 23.4 Å². The van der Waals surface area contributed by atoms with Crippen LogP contribution in [0.15, 0.2) is 23.4 Å². The molecule has 0 aliphatic carbocycles. The van der Waals surface area contributed by atoms with E-state index >= 15 is 0 Å². The number of nitrogens with zero attached hydrogens (tertiary/aromatic N) is 1. The Morgan fingerprint density at radius 2 is 2.46 bits per heavy atom. The summed E-state index contributed by atoms with van der Waals surface area (Å²) < 4.78 is 0. The van der Waals surface area contributed by atoms with Gasteiger partial charge in [0.25, 0.3) is 5.91 Å². The zero-order chi connectivity index (χ0) is 9.68. The summed E-state index contributed by atoms with van der Waals surface area (Å²) in [6.07, 6.45) is 3.10. The van der Waals surface area contributed by atoms with Gasteiger partial charge in [0.2, 0.25) is 0 Å². The number of carbonyl (C=O) groups is 1. The van der Waals surface area contributed by atoms with Crippen LogP contribution in [-0.2, 0) is 0 Å². The zero-order valence-electron chi connectivity index (χ0n) is 6.87. The minimum atomic E-state index is -0.454. The summed E-state index contributed by atoms with van der Waals surface area (Å²) in [6.45, 7) is 0. The number of rotatable bonds is 4. The van der Waals surface area contributed by atoms with Crippen molar-refractivity contribution in [3.8, 4) is 0 Å². The van der Waals surface area contributed by atoms with Gasteiger partial charge >= 0.3 is 0 Å². The molecule has 0 aliphatic heterocycles. The van der Waals surface area contributed by atoms with Crippen LogP contribution in [0.1, 0.15) is 10.4 Å². The van der Waals surface area contributed by atoms with Crippen LogP contribution in [0, 0.1) is 0 Å². The average molecular weight is 217 g/mol. The maximum Gasteiger partial charge on any atom is 0.251 e. The summed E-state index contributed by atoms with van der Waals surface area (Å²) >= 11 is 7.03. The van der Waals surface area contributed by atoms with Crippen molar-refractivity contribution in [3.63, 3.8) is 0 Å². The Labute approximate surface area is 85.7 Å². The van der Waals surface area contributed by atoms with Crippen molar-refractivity contribution in [3.05, 3.63) is 24.0 Å². The third-order valence-electron chi connectivity index (χ3n) is 1.38. The van der Waals surface area contributed by atoms with Crippen molar-refractivity contribution in [2.75, 3.05) is 11.6 Å². The van der Waals surface area contributed by atoms with Crippen LogP contribution in [0.25, 0.3) is 0 Å². The first-order valence-electron chi connectivity index (χ1n) is 3.68. The molecule has 1 aromatic rings. The van der Waals surface area contributed by atoms with E-state index in [1.54, 1.807) is 12.3 Å². The number of primary amides is 1.